The summed E-state index contributed by atoms with van der Waals surface area (Å²) >= 11 is 0. The number of hydrogen-bond acceptors (Lipinski definition) is 3. The highest BCUT2D eigenvalue weighted by Crippen LogP contribution is 2.22. The molecular formula is C16H20N2O. The maximum absolute atomic E-state index is 5.81. The van der Waals surface area contributed by atoms with E-state index in [1.165, 1.54) is 11.1 Å². The zero-order chi connectivity index (χ0) is 13.7. The molecule has 1 aromatic carbocycles. The lowest BCUT2D eigenvalue weighted by Gasteiger charge is -2.14. The van der Waals surface area contributed by atoms with Crippen molar-refractivity contribution in [1.82, 2.24) is 4.98 Å². The first-order chi connectivity index (χ1) is 9.24. The van der Waals surface area contributed by atoms with Gasteiger partial charge >= 0.3 is 0 Å². The Morgan fingerprint density at radius 2 is 1.95 bits per heavy atom. The number of anilines is 1. The van der Waals surface area contributed by atoms with Gasteiger partial charge in [-0.1, -0.05) is 25.1 Å². The summed E-state index contributed by atoms with van der Waals surface area (Å²) in [4.78, 5) is 4.36. The second-order valence-electron chi connectivity index (χ2n) is 4.45. The van der Waals surface area contributed by atoms with Crippen molar-refractivity contribution in [3.8, 4) is 5.88 Å². The van der Waals surface area contributed by atoms with Crippen LogP contribution in [0.1, 0.15) is 23.7 Å². The Kier molecular flexibility index (Phi) is 4.39. The Balaban J connectivity index is 2.19. The van der Waals surface area contributed by atoms with Gasteiger partial charge in [-0.2, -0.15) is 0 Å². The molecule has 0 aliphatic heterocycles. The summed E-state index contributed by atoms with van der Waals surface area (Å²) in [6.45, 7) is 4.66. The zero-order valence-electron chi connectivity index (χ0n) is 11.7. The van der Waals surface area contributed by atoms with Gasteiger partial charge in [0.1, 0.15) is 6.61 Å². The molecule has 2 rings (SSSR count). The van der Waals surface area contributed by atoms with E-state index in [1.807, 2.05) is 32.2 Å². The number of pyridine rings is 1. The highest BCUT2D eigenvalue weighted by atomic mass is 16.5. The van der Waals surface area contributed by atoms with Crippen LogP contribution in [0.2, 0.25) is 0 Å². The van der Waals surface area contributed by atoms with E-state index in [0.717, 1.165) is 17.8 Å². The normalized spacial score (nSPS) is 10.3. The van der Waals surface area contributed by atoms with Crippen molar-refractivity contribution in [3.63, 3.8) is 0 Å². The van der Waals surface area contributed by atoms with Gasteiger partial charge in [-0.05, 0) is 31.0 Å². The van der Waals surface area contributed by atoms with Crippen LogP contribution in [0.3, 0.4) is 0 Å². The number of rotatable bonds is 5. The zero-order valence-corrected chi connectivity index (χ0v) is 11.7. The second-order valence-corrected chi connectivity index (χ2v) is 4.45. The molecular weight excluding hydrogens is 236 g/mol. The fourth-order valence-corrected chi connectivity index (χ4v) is 2.12. The number of hydrogen-bond donors (Lipinski definition) is 1. The molecule has 0 atom stereocenters. The summed E-state index contributed by atoms with van der Waals surface area (Å²) in [7, 11) is 1.93. The number of ether oxygens (including phenoxy) is 1. The maximum Gasteiger partial charge on any atom is 0.213 e. The summed E-state index contributed by atoms with van der Waals surface area (Å²) in [5.74, 6) is 0.674. The summed E-state index contributed by atoms with van der Waals surface area (Å²) in [5, 5.41) is 3.22. The second kappa shape index (κ2) is 6.23. The summed E-state index contributed by atoms with van der Waals surface area (Å²) in [5.41, 5.74) is 4.59. The summed E-state index contributed by atoms with van der Waals surface area (Å²) < 4.78 is 5.81. The number of nitrogens with one attached hydrogen (secondary N) is 1. The molecule has 0 fully saturated rings. The van der Waals surface area contributed by atoms with Crippen LogP contribution in [0, 0.1) is 6.92 Å². The number of aryl methyl sites for hydroxylation is 2. The van der Waals surface area contributed by atoms with Crippen LogP contribution in [0.5, 0.6) is 5.88 Å². The van der Waals surface area contributed by atoms with Crippen LogP contribution >= 0.6 is 0 Å². The Morgan fingerprint density at radius 1 is 1.16 bits per heavy atom. The van der Waals surface area contributed by atoms with Gasteiger partial charge < -0.3 is 10.1 Å². The molecule has 2 aromatic rings. The highest BCUT2D eigenvalue weighted by molar-refractivity contribution is 5.54. The molecule has 0 saturated heterocycles. The van der Waals surface area contributed by atoms with Gasteiger partial charge in [0, 0.05) is 30.1 Å². The van der Waals surface area contributed by atoms with Crippen molar-refractivity contribution < 1.29 is 4.74 Å². The van der Waals surface area contributed by atoms with Gasteiger partial charge in [-0.15, -0.1) is 0 Å². The summed E-state index contributed by atoms with van der Waals surface area (Å²) in [6, 6.07) is 12.1. The molecule has 100 valence electrons. The van der Waals surface area contributed by atoms with Crippen LogP contribution in [-0.4, -0.2) is 12.0 Å². The minimum Gasteiger partial charge on any atom is -0.473 e. The van der Waals surface area contributed by atoms with Crippen LogP contribution < -0.4 is 10.1 Å². The smallest absolute Gasteiger partial charge is 0.213 e. The van der Waals surface area contributed by atoms with E-state index in [-0.39, 0.29) is 0 Å². The Hall–Kier alpha value is -2.03. The molecule has 0 bridgehead atoms. The predicted molar refractivity (Wildman–Crippen MR) is 78.7 cm³/mol. The maximum atomic E-state index is 5.81. The van der Waals surface area contributed by atoms with Gasteiger partial charge in [-0.25, -0.2) is 4.98 Å². The molecule has 1 N–H and O–H groups in total. The van der Waals surface area contributed by atoms with Crippen molar-refractivity contribution in [2.75, 3.05) is 12.4 Å². The quantitative estimate of drug-likeness (QED) is 0.888. The minimum atomic E-state index is 0.538. The van der Waals surface area contributed by atoms with Crippen molar-refractivity contribution in [2.45, 2.75) is 26.9 Å². The first-order valence-electron chi connectivity index (χ1n) is 6.59. The molecule has 0 amide bonds. The lowest BCUT2D eigenvalue weighted by molar-refractivity contribution is 0.293. The van der Waals surface area contributed by atoms with E-state index < -0.39 is 0 Å². The minimum absolute atomic E-state index is 0.538. The number of benzene rings is 1. The van der Waals surface area contributed by atoms with Gasteiger partial charge in [-0.3, -0.25) is 0 Å². The lowest BCUT2D eigenvalue weighted by Crippen LogP contribution is -2.05. The van der Waals surface area contributed by atoms with Crippen LogP contribution in [0.15, 0.2) is 36.4 Å². The average molecular weight is 256 g/mol. The van der Waals surface area contributed by atoms with Gasteiger partial charge in [0.25, 0.3) is 0 Å². The largest absolute Gasteiger partial charge is 0.473 e. The molecule has 0 aliphatic carbocycles. The SMILES string of the molecule is CCc1cccc(NC)c1COc1cccc(C)n1. The van der Waals surface area contributed by atoms with Gasteiger partial charge in [0.15, 0.2) is 0 Å². The van der Waals surface area contributed by atoms with Crippen LogP contribution in [0.25, 0.3) is 0 Å². The van der Waals surface area contributed by atoms with E-state index in [0.29, 0.717) is 12.5 Å². The van der Waals surface area contributed by atoms with Crippen molar-refractivity contribution in [3.05, 3.63) is 53.2 Å². The van der Waals surface area contributed by atoms with E-state index in [1.54, 1.807) is 0 Å². The fraction of sp³-hybridized carbons (Fsp3) is 0.312. The van der Waals surface area contributed by atoms with Gasteiger partial charge in [0.05, 0.1) is 0 Å². The molecule has 0 aliphatic rings. The highest BCUT2D eigenvalue weighted by Gasteiger charge is 2.07. The van der Waals surface area contributed by atoms with Crippen LogP contribution in [-0.2, 0) is 13.0 Å². The number of aromatic nitrogens is 1. The van der Waals surface area contributed by atoms with E-state index >= 15 is 0 Å². The Labute approximate surface area is 114 Å². The molecule has 1 aromatic heterocycles. The van der Waals surface area contributed by atoms with Crippen LogP contribution in [0.4, 0.5) is 5.69 Å². The molecule has 0 radical (unpaired) electrons. The lowest BCUT2D eigenvalue weighted by atomic mass is 10.0. The van der Waals surface area contributed by atoms with Crippen molar-refractivity contribution in [2.24, 2.45) is 0 Å². The standard InChI is InChI=1S/C16H20N2O/c1-4-13-8-6-9-15(17-3)14(13)11-19-16-10-5-7-12(2)18-16/h5-10,17H,4,11H2,1-3H3. The first-order valence-corrected chi connectivity index (χ1v) is 6.59. The third-order valence-electron chi connectivity index (χ3n) is 3.15. The molecule has 0 spiro atoms. The monoisotopic (exact) mass is 256 g/mol. The first kappa shape index (κ1) is 13.4. The third-order valence-corrected chi connectivity index (χ3v) is 3.15. The van der Waals surface area contributed by atoms with Crippen molar-refractivity contribution >= 4 is 5.69 Å². The average Bonchev–Trinajstić information content (AvgIpc) is 2.44. The Morgan fingerprint density at radius 3 is 2.63 bits per heavy atom. The molecule has 3 nitrogen and oxygen atoms in total. The molecule has 1 heterocycles. The number of nitrogens with zero attached hydrogens (tertiary/aromatic N) is 1. The van der Waals surface area contributed by atoms with Crippen molar-refractivity contribution in [1.29, 1.82) is 0 Å². The van der Waals surface area contributed by atoms with Gasteiger partial charge in [0.2, 0.25) is 5.88 Å². The predicted octanol–water partition coefficient (Wildman–Crippen LogP) is 3.57. The van der Waals surface area contributed by atoms with E-state index in [2.05, 4.69) is 35.4 Å². The van der Waals surface area contributed by atoms with E-state index in [4.69, 9.17) is 4.74 Å². The molecule has 19 heavy (non-hydrogen) atoms. The summed E-state index contributed by atoms with van der Waals surface area (Å²) in [6.07, 6.45) is 0.995. The molecule has 0 saturated carbocycles. The Bertz CT molecular complexity index is 530. The third kappa shape index (κ3) is 3.25. The topological polar surface area (TPSA) is 34.1 Å². The fourth-order valence-electron chi connectivity index (χ4n) is 2.12. The molecule has 0 unspecified atom stereocenters. The molecule has 3 heteroatoms. The van der Waals surface area contributed by atoms with E-state index in [9.17, 15) is 0 Å².